The van der Waals surface area contributed by atoms with Crippen LogP contribution in [0.1, 0.15) is 11.7 Å². The summed E-state index contributed by atoms with van der Waals surface area (Å²) in [6.07, 6.45) is 0.0946. The van der Waals surface area contributed by atoms with E-state index in [4.69, 9.17) is 0 Å². The minimum absolute atomic E-state index is 0.0674. The number of hydrogen-bond donors (Lipinski definition) is 1. The molecular formula is C13H18N2O4S. The van der Waals surface area contributed by atoms with E-state index >= 15 is 0 Å². The standard InChI is InChI=1S/C13H18N2O4S/c1-14(6-7-20(3,18)19)9-4-5-10-11(8-9)15(2)13(17)12(10)16/h4-5,8,12,16H,6-7H2,1-3H3. The van der Waals surface area contributed by atoms with Crippen LogP contribution < -0.4 is 9.80 Å². The maximum Gasteiger partial charge on any atom is 0.260 e. The Morgan fingerprint density at radius 3 is 2.65 bits per heavy atom. The first kappa shape index (κ1) is 14.8. The molecule has 1 heterocycles. The van der Waals surface area contributed by atoms with Gasteiger partial charge in [0.15, 0.2) is 6.10 Å². The quantitative estimate of drug-likeness (QED) is 0.858. The zero-order chi connectivity index (χ0) is 15.1. The minimum atomic E-state index is -3.01. The van der Waals surface area contributed by atoms with Crippen LogP contribution in [0.4, 0.5) is 11.4 Å². The highest BCUT2D eigenvalue weighted by molar-refractivity contribution is 7.90. The Morgan fingerprint density at radius 2 is 2.05 bits per heavy atom. The summed E-state index contributed by atoms with van der Waals surface area (Å²) in [5.41, 5.74) is 2.05. The molecule has 0 saturated carbocycles. The molecule has 6 nitrogen and oxygen atoms in total. The minimum Gasteiger partial charge on any atom is -0.378 e. The molecule has 0 bridgehead atoms. The van der Waals surface area contributed by atoms with Gasteiger partial charge in [0.1, 0.15) is 9.84 Å². The Labute approximate surface area is 118 Å². The molecule has 0 radical (unpaired) electrons. The first-order chi connectivity index (χ1) is 9.20. The van der Waals surface area contributed by atoms with E-state index in [1.54, 1.807) is 32.3 Å². The number of benzene rings is 1. The number of carbonyl (C=O) groups excluding carboxylic acids is 1. The molecule has 20 heavy (non-hydrogen) atoms. The van der Waals surface area contributed by atoms with Crippen molar-refractivity contribution in [3.05, 3.63) is 23.8 Å². The largest absolute Gasteiger partial charge is 0.378 e. The van der Waals surface area contributed by atoms with Crippen molar-refractivity contribution in [1.29, 1.82) is 0 Å². The number of fused-ring (bicyclic) bond motifs is 1. The lowest BCUT2D eigenvalue weighted by Gasteiger charge is -2.20. The van der Waals surface area contributed by atoms with Gasteiger partial charge < -0.3 is 14.9 Å². The Kier molecular flexibility index (Phi) is 3.75. The highest BCUT2D eigenvalue weighted by atomic mass is 32.2. The van der Waals surface area contributed by atoms with Gasteiger partial charge in [-0.1, -0.05) is 6.07 Å². The molecule has 2 rings (SSSR count). The Morgan fingerprint density at radius 1 is 1.40 bits per heavy atom. The van der Waals surface area contributed by atoms with Gasteiger partial charge in [-0.05, 0) is 12.1 Å². The lowest BCUT2D eigenvalue weighted by atomic mass is 10.1. The smallest absolute Gasteiger partial charge is 0.260 e. The molecule has 1 N–H and O–H groups in total. The van der Waals surface area contributed by atoms with Crippen molar-refractivity contribution < 1.29 is 18.3 Å². The van der Waals surface area contributed by atoms with E-state index in [-0.39, 0.29) is 11.7 Å². The maximum absolute atomic E-state index is 11.7. The van der Waals surface area contributed by atoms with E-state index in [0.29, 0.717) is 17.8 Å². The molecule has 0 aromatic heterocycles. The SMILES string of the molecule is CN(CCS(C)(=O)=O)c1ccc2c(c1)N(C)C(=O)C2O. The Hall–Kier alpha value is -1.60. The fraction of sp³-hybridized carbons (Fsp3) is 0.462. The molecule has 1 aliphatic heterocycles. The Bertz CT molecular complexity index is 642. The fourth-order valence-corrected chi connectivity index (χ4v) is 2.76. The summed E-state index contributed by atoms with van der Waals surface area (Å²) in [4.78, 5) is 14.9. The molecule has 1 atom stereocenters. The highest BCUT2D eigenvalue weighted by Gasteiger charge is 2.33. The van der Waals surface area contributed by atoms with E-state index < -0.39 is 15.9 Å². The van der Waals surface area contributed by atoms with Crippen LogP contribution in [-0.2, 0) is 14.6 Å². The van der Waals surface area contributed by atoms with Gasteiger partial charge in [-0.15, -0.1) is 0 Å². The van der Waals surface area contributed by atoms with Crippen molar-refractivity contribution in [3.8, 4) is 0 Å². The van der Waals surface area contributed by atoms with E-state index in [1.807, 2.05) is 4.90 Å². The van der Waals surface area contributed by atoms with Gasteiger partial charge in [0.2, 0.25) is 0 Å². The second-order valence-electron chi connectivity index (χ2n) is 5.09. The van der Waals surface area contributed by atoms with Crippen LogP contribution >= 0.6 is 0 Å². The van der Waals surface area contributed by atoms with Crippen molar-refractivity contribution in [2.24, 2.45) is 0 Å². The molecule has 110 valence electrons. The molecule has 1 aliphatic rings. The van der Waals surface area contributed by atoms with Crippen LogP contribution in [0, 0.1) is 0 Å². The van der Waals surface area contributed by atoms with Crippen molar-refractivity contribution in [1.82, 2.24) is 0 Å². The second-order valence-corrected chi connectivity index (χ2v) is 7.35. The van der Waals surface area contributed by atoms with Crippen LogP contribution in [0.15, 0.2) is 18.2 Å². The molecule has 1 aromatic rings. The van der Waals surface area contributed by atoms with Gasteiger partial charge >= 0.3 is 0 Å². The number of aliphatic hydroxyl groups is 1. The van der Waals surface area contributed by atoms with Gasteiger partial charge in [0.25, 0.3) is 5.91 Å². The number of sulfone groups is 1. The first-order valence-corrected chi connectivity index (χ1v) is 8.25. The van der Waals surface area contributed by atoms with E-state index in [2.05, 4.69) is 0 Å². The zero-order valence-electron chi connectivity index (χ0n) is 11.7. The number of aliphatic hydroxyl groups excluding tert-OH is 1. The van der Waals surface area contributed by atoms with Crippen molar-refractivity contribution in [3.63, 3.8) is 0 Å². The van der Waals surface area contributed by atoms with Gasteiger partial charge in [-0.25, -0.2) is 8.42 Å². The zero-order valence-corrected chi connectivity index (χ0v) is 12.5. The maximum atomic E-state index is 11.7. The molecule has 1 aromatic carbocycles. The van der Waals surface area contributed by atoms with Crippen LogP contribution in [0.3, 0.4) is 0 Å². The van der Waals surface area contributed by atoms with Crippen LogP contribution in [0.5, 0.6) is 0 Å². The summed E-state index contributed by atoms with van der Waals surface area (Å²) in [5, 5.41) is 9.78. The van der Waals surface area contributed by atoms with Gasteiger partial charge in [0.05, 0.1) is 11.4 Å². The average molecular weight is 298 g/mol. The highest BCUT2D eigenvalue weighted by Crippen LogP contribution is 2.37. The lowest BCUT2D eigenvalue weighted by Crippen LogP contribution is -2.25. The molecule has 7 heteroatoms. The number of likely N-dealkylation sites (N-methyl/N-ethyl adjacent to an activating group) is 1. The number of carbonyl (C=O) groups is 1. The summed E-state index contributed by atoms with van der Waals surface area (Å²) >= 11 is 0. The molecule has 0 fully saturated rings. The van der Waals surface area contributed by atoms with Crippen molar-refractivity contribution >= 4 is 27.1 Å². The third kappa shape index (κ3) is 2.78. The van der Waals surface area contributed by atoms with E-state index in [9.17, 15) is 18.3 Å². The predicted molar refractivity (Wildman–Crippen MR) is 77.8 cm³/mol. The molecule has 0 spiro atoms. The molecule has 0 saturated heterocycles. The number of rotatable bonds is 4. The van der Waals surface area contributed by atoms with Crippen LogP contribution in [0.2, 0.25) is 0 Å². The summed E-state index contributed by atoms with van der Waals surface area (Å²) in [6, 6.07) is 5.26. The third-order valence-corrected chi connectivity index (χ3v) is 4.40. The van der Waals surface area contributed by atoms with Crippen molar-refractivity contribution in [2.75, 3.05) is 42.4 Å². The number of nitrogens with zero attached hydrogens (tertiary/aromatic N) is 2. The molecule has 1 unspecified atom stereocenters. The predicted octanol–water partition coefficient (Wildman–Crippen LogP) is 0.177. The Balaban J connectivity index is 2.22. The van der Waals surface area contributed by atoms with E-state index in [0.717, 1.165) is 5.69 Å². The van der Waals surface area contributed by atoms with Crippen LogP contribution in [0.25, 0.3) is 0 Å². The monoisotopic (exact) mass is 298 g/mol. The van der Waals surface area contributed by atoms with Gasteiger partial charge in [-0.2, -0.15) is 0 Å². The fourth-order valence-electron chi connectivity index (χ4n) is 2.16. The van der Waals surface area contributed by atoms with E-state index in [1.165, 1.54) is 11.2 Å². The average Bonchev–Trinajstić information content (AvgIpc) is 2.60. The lowest BCUT2D eigenvalue weighted by molar-refractivity contribution is -0.125. The first-order valence-electron chi connectivity index (χ1n) is 6.19. The van der Waals surface area contributed by atoms with Gasteiger partial charge in [0, 0.05) is 38.1 Å². The number of hydrogen-bond acceptors (Lipinski definition) is 5. The molecular weight excluding hydrogens is 280 g/mol. The number of anilines is 2. The summed E-state index contributed by atoms with van der Waals surface area (Å²) in [7, 11) is 0.387. The summed E-state index contributed by atoms with van der Waals surface area (Å²) in [6.45, 7) is 0.373. The summed E-state index contributed by atoms with van der Waals surface area (Å²) < 4.78 is 22.4. The molecule has 1 amide bonds. The van der Waals surface area contributed by atoms with Gasteiger partial charge in [-0.3, -0.25) is 4.79 Å². The normalized spacial score (nSPS) is 18.3. The third-order valence-electron chi connectivity index (χ3n) is 3.47. The van der Waals surface area contributed by atoms with Crippen molar-refractivity contribution in [2.45, 2.75) is 6.10 Å². The second kappa shape index (κ2) is 5.06. The number of amides is 1. The topological polar surface area (TPSA) is 77.9 Å². The van der Waals surface area contributed by atoms with Crippen LogP contribution in [-0.4, -0.2) is 52.1 Å². The summed E-state index contributed by atoms with van der Waals surface area (Å²) in [5.74, 6) is -0.284. The molecule has 0 aliphatic carbocycles.